The average molecular weight is 247 g/mol. The minimum absolute atomic E-state index is 0.715. The van der Waals surface area contributed by atoms with Gasteiger partial charge in [-0.15, -0.1) is 0 Å². The van der Waals surface area contributed by atoms with Crippen LogP contribution in [0.1, 0.15) is 58.8 Å². The van der Waals surface area contributed by atoms with Crippen LogP contribution in [0.4, 0.5) is 0 Å². The molecule has 3 unspecified atom stereocenters. The van der Waals surface area contributed by atoms with E-state index in [-0.39, 0.29) is 0 Å². The molecular formula is C12H23Br. The van der Waals surface area contributed by atoms with Gasteiger partial charge in [-0.05, 0) is 24.7 Å². The third-order valence-electron chi connectivity index (χ3n) is 3.53. The number of hydrogen-bond acceptors (Lipinski definition) is 0. The van der Waals surface area contributed by atoms with Crippen molar-refractivity contribution in [2.45, 2.75) is 63.6 Å². The molecule has 0 saturated heterocycles. The van der Waals surface area contributed by atoms with E-state index >= 15 is 0 Å². The Kier molecular flexibility index (Phi) is 5.38. The van der Waals surface area contributed by atoms with Crippen LogP contribution in [0, 0.1) is 11.8 Å². The third-order valence-corrected chi connectivity index (χ3v) is 3.98. The molecule has 0 aromatic carbocycles. The summed E-state index contributed by atoms with van der Waals surface area (Å²) in [5.41, 5.74) is 0. The minimum atomic E-state index is 0.715. The number of rotatable bonds is 4. The van der Waals surface area contributed by atoms with E-state index in [1.165, 1.54) is 44.9 Å². The topological polar surface area (TPSA) is 0 Å². The fourth-order valence-corrected chi connectivity index (χ4v) is 2.91. The Labute approximate surface area is 91.6 Å². The molecule has 0 amide bonds. The molecule has 1 heteroatoms. The van der Waals surface area contributed by atoms with Gasteiger partial charge in [-0.2, -0.15) is 0 Å². The van der Waals surface area contributed by atoms with Gasteiger partial charge in [0.1, 0.15) is 0 Å². The maximum absolute atomic E-state index is 3.64. The molecule has 1 aliphatic carbocycles. The van der Waals surface area contributed by atoms with E-state index in [4.69, 9.17) is 0 Å². The largest absolute Gasteiger partial charge is 0.0894 e. The van der Waals surface area contributed by atoms with Crippen molar-refractivity contribution in [3.05, 3.63) is 0 Å². The molecule has 3 atom stereocenters. The summed E-state index contributed by atoms with van der Waals surface area (Å²) in [6.07, 6.45) is 10.2. The highest BCUT2D eigenvalue weighted by atomic mass is 79.9. The highest BCUT2D eigenvalue weighted by Gasteiger charge is 2.23. The predicted octanol–water partition coefficient (Wildman–Crippen LogP) is 4.77. The van der Waals surface area contributed by atoms with E-state index < -0.39 is 0 Å². The molecule has 1 rings (SSSR count). The first-order chi connectivity index (χ1) is 6.24. The lowest BCUT2D eigenvalue weighted by Crippen LogP contribution is -2.19. The number of alkyl halides is 1. The van der Waals surface area contributed by atoms with Crippen molar-refractivity contribution < 1.29 is 0 Å². The number of halogens is 1. The van der Waals surface area contributed by atoms with Crippen molar-refractivity contribution >= 4 is 15.9 Å². The first-order valence-electron chi connectivity index (χ1n) is 5.88. The van der Waals surface area contributed by atoms with Crippen LogP contribution in [0.2, 0.25) is 0 Å². The zero-order chi connectivity index (χ0) is 9.68. The molecule has 1 fully saturated rings. The molecule has 1 aliphatic rings. The van der Waals surface area contributed by atoms with Crippen LogP contribution in [0.5, 0.6) is 0 Å². The predicted molar refractivity (Wildman–Crippen MR) is 63.4 cm³/mol. The second-order valence-electron chi connectivity index (χ2n) is 4.57. The second kappa shape index (κ2) is 6.06. The molecule has 0 heterocycles. The Balaban J connectivity index is 2.27. The summed E-state index contributed by atoms with van der Waals surface area (Å²) in [5.74, 6) is 2.08. The van der Waals surface area contributed by atoms with Gasteiger partial charge in [-0.3, -0.25) is 0 Å². The van der Waals surface area contributed by atoms with Crippen molar-refractivity contribution in [3.8, 4) is 0 Å². The maximum Gasteiger partial charge on any atom is 0.0117 e. The van der Waals surface area contributed by atoms with Crippen LogP contribution in [0.3, 0.4) is 0 Å². The molecule has 0 nitrogen and oxygen atoms in total. The summed E-state index contributed by atoms with van der Waals surface area (Å²) in [4.78, 5) is 0.715. The van der Waals surface area contributed by atoms with Gasteiger partial charge >= 0.3 is 0 Å². The zero-order valence-corrected chi connectivity index (χ0v) is 10.6. The quantitative estimate of drug-likeness (QED) is 0.628. The monoisotopic (exact) mass is 246 g/mol. The highest BCUT2D eigenvalue weighted by Crippen LogP contribution is 2.35. The SMILES string of the molecule is CCC1CCCCC1CCC(C)Br. The molecular weight excluding hydrogens is 224 g/mol. The highest BCUT2D eigenvalue weighted by molar-refractivity contribution is 9.09. The maximum atomic E-state index is 3.64. The van der Waals surface area contributed by atoms with E-state index in [0.29, 0.717) is 4.83 Å². The molecule has 0 bridgehead atoms. The normalized spacial score (nSPS) is 31.6. The van der Waals surface area contributed by atoms with E-state index in [0.717, 1.165) is 11.8 Å². The molecule has 1 saturated carbocycles. The van der Waals surface area contributed by atoms with Gasteiger partial charge in [-0.1, -0.05) is 61.9 Å². The zero-order valence-electron chi connectivity index (χ0n) is 9.06. The first kappa shape index (κ1) is 11.6. The van der Waals surface area contributed by atoms with Crippen LogP contribution in [-0.4, -0.2) is 4.83 Å². The lowest BCUT2D eigenvalue weighted by molar-refractivity contribution is 0.215. The molecule has 0 radical (unpaired) electrons. The average Bonchev–Trinajstić information content (AvgIpc) is 2.15. The van der Waals surface area contributed by atoms with Crippen LogP contribution in [-0.2, 0) is 0 Å². The smallest absolute Gasteiger partial charge is 0.0117 e. The Morgan fingerprint density at radius 2 is 1.85 bits per heavy atom. The lowest BCUT2D eigenvalue weighted by Gasteiger charge is -2.31. The molecule has 13 heavy (non-hydrogen) atoms. The summed E-state index contributed by atoms with van der Waals surface area (Å²) in [6.45, 7) is 4.63. The van der Waals surface area contributed by atoms with Crippen molar-refractivity contribution in [1.82, 2.24) is 0 Å². The van der Waals surface area contributed by atoms with Gasteiger partial charge < -0.3 is 0 Å². The van der Waals surface area contributed by atoms with E-state index in [9.17, 15) is 0 Å². The van der Waals surface area contributed by atoms with Gasteiger partial charge in [0.15, 0.2) is 0 Å². The van der Waals surface area contributed by atoms with Crippen molar-refractivity contribution in [2.24, 2.45) is 11.8 Å². The molecule has 0 aliphatic heterocycles. The van der Waals surface area contributed by atoms with Crippen LogP contribution >= 0.6 is 15.9 Å². The Morgan fingerprint density at radius 1 is 1.23 bits per heavy atom. The molecule has 0 spiro atoms. The lowest BCUT2D eigenvalue weighted by atomic mass is 9.75. The molecule has 0 aromatic heterocycles. The Morgan fingerprint density at radius 3 is 2.38 bits per heavy atom. The minimum Gasteiger partial charge on any atom is -0.0894 e. The Hall–Kier alpha value is 0.480. The third kappa shape index (κ3) is 4.01. The second-order valence-corrected chi connectivity index (χ2v) is 6.13. The number of hydrogen-bond donors (Lipinski definition) is 0. The van der Waals surface area contributed by atoms with Gasteiger partial charge in [0.25, 0.3) is 0 Å². The summed E-state index contributed by atoms with van der Waals surface area (Å²) in [5, 5.41) is 0. The Bertz CT molecular complexity index is 131. The van der Waals surface area contributed by atoms with Gasteiger partial charge in [0.05, 0.1) is 0 Å². The summed E-state index contributed by atoms with van der Waals surface area (Å²) in [7, 11) is 0. The fraction of sp³-hybridized carbons (Fsp3) is 1.00. The van der Waals surface area contributed by atoms with Gasteiger partial charge in [-0.25, -0.2) is 0 Å². The van der Waals surface area contributed by atoms with Gasteiger partial charge in [0, 0.05) is 4.83 Å². The fourth-order valence-electron chi connectivity index (χ4n) is 2.65. The molecule has 0 aromatic rings. The van der Waals surface area contributed by atoms with Crippen molar-refractivity contribution in [2.75, 3.05) is 0 Å². The van der Waals surface area contributed by atoms with Crippen LogP contribution in [0.25, 0.3) is 0 Å². The van der Waals surface area contributed by atoms with E-state index in [1.807, 2.05) is 0 Å². The van der Waals surface area contributed by atoms with Crippen molar-refractivity contribution in [3.63, 3.8) is 0 Å². The van der Waals surface area contributed by atoms with Crippen LogP contribution < -0.4 is 0 Å². The molecule has 0 N–H and O–H groups in total. The van der Waals surface area contributed by atoms with Crippen molar-refractivity contribution in [1.29, 1.82) is 0 Å². The van der Waals surface area contributed by atoms with Gasteiger partial charge in [0.2, 0.25) is 0 Å². The first-order valence-corrected chi connectivity index (χ1v) is 6.79. The summed E-state index contributed by atoms with van der Waals surface area (Å²) in [6, 6.07) is 0. The summed E-state index contributed by atoms with van der Waals surface area (Å²) < 4.78 is 0. The van der Waals surface area contributed by atoms with Crippen LogP contribution in [0.15, 0.2) is 0 Å². The van der Waals surface area contributed by atoms with E-state index in [2.05, 4.69) is 29.8 Å². The summed E-state index contributed by atoms with van der Waals surface area (Å²) >= 11 is 3.64. The van der Waals surface area contributed by atoms with E-state index in [1.54, 1.807) is 0 Å². The molecule has 78 valence electrons. The standard InChI is InChI=1S/C12H23Br/c1-3-11-6-4-5-7-12(11)9-8-10(2)13/h10-12H,3-9H2,1-2H3.